The number of non-ortho nitro benzene ring substituents is 1. The van der Waals surface area contributed by atoms with Crippen LogP contribution in [-0.4, -0.2) is 24.2 Å². The minimum atomic E-state index is -0.569. The lowest BCUT2D eigenvalue weighted by Gasteiger charge is -1.99. The number of hydrazone groups is 1. The third-order valence-corrected chi connectivity index (χ3v) is 2.65. The standard InChI is InChI=1S/C14H13N3O5/c1-21-9-13-6-5-12(22-13)8-15-16-14(18)10-3-2-4-11(7-10)17(19)20/h2-8H,9H2,1H3,(H,16,18)/b15-8-. The van der Waals surface area contributed by atoms with E-state index in [1.165, 1.54) is 30.5 Å². The Bertz CT molecular complexity index is 708. The van der Waals surface area contributed by atoms with E-state index in [1.54, 1.807) is 19.2 Å². The first kappa shape index (κ1) is 15.4. The number of hydrogen-bond acceptors (Lipinski definition) is 6. The number of carbonyl (C=O) groups is 1. The lowest BCUT2D eigenvalue weighted by atomic mass is 10.2. The lowest BCUT2D eigenvalue weighted by molar-refractivity contribution is -0.384. The number of methoxy groups -OCH3 is 1. The van der Waals surface area contributed by atoms with Crippen molar-refractivity contribution in [3.63, 3.8) is 0 Å². The van der Waals surface area contributed by atoms with Gasteiger partial charge in [0.25, 0.3) is 11.6 Å². The minimum Gasteiger partial charge on any atom is -0.458 e. The number of benzene rings is 1. The van der Waals surface area contributed by atoms with Crippen LogP contribution in [0.15, 0.2) is 45.9 Å². The Kier molecular flexibility index (Phi) is 4.99. The van der Waals surface area contributed by atoms with E-state index in [-0.39, 0.29) is 11.3 Å². The summed E-state index contributed by atoms with van der Waals surface area (Å²) in [6.45, 7) is 0.341. The van der Waals surface area contributed by atoms with Gasteiger partial charge in [-0.1, -0.05) is 6.07 Å². The van der Waals surface area contributed by atoms with Crippen molar-refractivity contribution >= 4 is 17.8 Å². The Labute approximate surface area is 125 Å². The second-order valence-electron chi connectivity index (χ2n) is 4.24. The van der Waals surface area contributed by atoms with Gasteiger partial charge in [-0.15, -0.1) is 0 Å². The van der Waals surface area contributed by atoms with Crippen LogP contribution in [0.25, 0.3) is 0 Å². The Hall–Kier alpha value is -3.00. The first-order valence-electron chi connectivity index (χ1n) is 6.25. The zero-order valence-corrected chi connectivity index (χ0v) is 11.7. The number of rotatable bonds is 6. The van der Waals surface area contributed by atoms with Gasteiger partial charge in [-0.3, -0.25) is 14.9 Å². The van der Waals surface area contributed by atoms with Gasteiger partial charge in [0.2, 0.25) is 0 Å². The predicted molar refractivity (Wildman–Crippen MR) is 77.6 cm³/mol. The van der Waals surface area contributed by atoms with E-state index >= 15 is 0 Å². The van der Waals surface area contributed by atoms with Crippen molar-refractivity contribution in [1.29, 1.82) is 0 Å². The highest BCUT2D eigenvalue weighted by atomic mass is 16.6. The molecule has 22 heavy (non-hydrogen) atoms. The zero-order valence-electron chi connectivity index (χ0n) is 11.7. The molecule has 0 bridgehead atoms. The fourth-order valence-corrected chi connectivity index (χ4v) is 1.66. The van der Waals surface area contributed by atoms with Crippen molar-refractivity contribution in [2.24, 2.45) is 5.10 Å². The Balaban J connectivity index is 1.98. The van der Waals surface area contributed by atoms with Gasteiger partial charge in [-0.2, -0.15) is 5.10 Å². The summed E-state index contributed by atoms with van der Waals surface area (Å²) in [5, 5.41) is 14.4. The minimum absolute atomic E-state index is 0.144. The van der Waals surface area contributed by atoms with Crippen LogP contribution in [0.5, 0.6) is 0 Å². The number of nitro groups is 1. The number of nitrogens with one attached hydrogen (secondary N) is 1. The number of carbonyl (C=O) groups excluding carboxylic acids is 1. The average molecular weight is 303 g/mol. The summed E-state index contributed by atoms with van der Waals surface area (Å²) in [6, 6.07) is 8.78. The normalized spacial score (nSPS) is 10.8. The number of nitro benzene ring substituents is 1. The highest BCUT2D eigenvalue weighted by Crippen LogP contribution is 2.12. The molecular weight excluding hydrogens is 290 g/mol. The van der Waals surface area contributed by atoms with E-state index < -0.39 is 10.8 Å². The molecule has 0 unspecified atom stereocenters. The molecule has 8 nitrogen and oxygen atoms in total. The van der Waals surface area contributed by atoms with E-state index in [0.29, 0.717) is 18.1 Å². The van der Waals surface area contributed by atoms with E-state index in [2.05, 4.69) is 10.5 Å². The number of nitrogens with zero attached hydrogens (tertiary/aromatic N) is 2. The molecule has 1 N–H and O–H groups in total. The SMILES string of the molecule is COCc1ccc(/C=N\NC(=O)c2cccc([N+](=O)[O-])c2)o1. The molecule has 0 radical (unpaired) electrons. The van der Waals surface area contributed by atoms with Gasteiger partial charge in [0.1, 0.15) is 18.1 Å². The molecule has 0 aliphatic rings. The summed E-state index contributed by atoms with van der Waals surface area (Å²) >= 11 is 0. The molecule has 8 heteroatoms. The first-order valence-corrected chi connectivity index (χ1v) is 6.25. The fraction of sp³-hybridized carbons (Fsp3) is 0.143. The van der Waals surface area contributed by atoms with Crippen LogP contribution in [0.2, 0.25) is 0 Å². The Morgan fingerprint density at radius 2 is 2.27 bits per heavy atom. The van der Waals surface area contributed by atoms with Crippen LogP contribution < -0.4 is 5.43 Å². The van der Waals surface area contributed by atoms with Crippen molar-refractivity contribution < 1.29 is 18.9 Å². The molecule has 1 aromatic heterocycles. The molecular formula is C14H13N3O5. The van der Waals surface area contributed by atoms with Crippen LogP contribution >= 0.6 is 0 Å². The largest absolute Gasteiger partial charge is 0.458 e. The number of ether oxygens (including phenoxy) is 1. The highest BCUT2D eigenvalue weighted by Gasteiger charge is 2.10. The van der Waals surface area contributed by atoms with Gasteiger partial charge in [0, 0.05) is 24.8 Å². The monoisotopic (exact) mass is 303 g/mol. The van der Waals surface area contributed by atoms with Gasteiger partial charge in [0.05, 0.1) is 11.1 Å². The molecule has 2 aromatic rings. The second kappa shape index (κ2) is 7.14. The third kappa shape index (κ3) is 4.00. The zero-order chi connectivity index (χ0) is 15.9. The third-order valence-electron chi connectivity index (χ3n) is 2.65. The highest BCUT2D eigenvalue weighted by molar-refractivity contribution is 5.95. The molecule has 0 saturated heterocycles. The maximum Gasteiger partial charge on any atom is 0.271 e. The molecule has 0 saturated carbocycles. The molecule has 1 aromatic carbocycles. The van der Waals surface area contributed by atoms with E-state index in [9.17, 15) is 14.9 Å². The van der Waals surface area contributed by atoms with Crippen LogP contribution in [0.3, 0.4) is 0 Å². The molecule has 0 aliphatic heterocycles. The van der Waals surface area contributed by atoms with E-state index in [4.69, 9.17) is 9.15 Å². The molecule has 0 atom stereocenters. The second-order valence-corrected chi connectivity index (χ2v) is 4.24. The summed E-state index contributed by atoms with van der Waals surface area (Å²) < 4.78 is 10.3. The summed E-state index contributed by atoms with van der Waals surface area (Å²) in [7, 11) is 1.55. The Morgan fingerprint density at radius 1 is 1.45 bits per heavy atom. The van der Waals surface area contributed by atoms with Gasteiger partial charge in [0.15, 0.2) is 0 Å². The van der Waals surface area contributed by atoms with Gasteiger partial charge in [-0.25, -0.2) is 5.43 Å². The maximum atomic E-state index is 11.8. The summed E-state index contributed by atoms with van der Waals surface area (Å²) in [5.74, 6) is 0.531. The van der Waals surface area contributed by atoms with E-state index in [0.717, 1.165) is 0 Å². The Morgan fingerprint density at radius 3 is 3.00 bits per heavy atom. The molecule has 1 heterocycles. The molecule has 114 valence electrons. The maximum absolute atomic E-state index is 11.8. The van der Waals surface area contributed by atoms with Crippen molar-refractivity contribution in [3.05, 3.63) is 63.6 Å². The van der Waals surface area contributed by atoms with Crippen molar-refractivity contribution in [3.8, 4) is 0 Å². The number of amides is 1. The van der Waals surface area contributed by atoms with Gasteiger partial charge < -0.3 is 9.15 Å². The number of furan rings is 1. The van der Waals surface area contributed by atoms with Crippen LogP contribution in [0.4, 0.5) is 5.69 Å². The molecule has 2 rings (SSSR count). The summed E-state index contributed by atoms with van der Waals surface area (Å²) in [5.41, 5.74) is 2.26. The van der Waals surface area contributed by atoms with Crippen molar-refractivity contribution in [2.45, 2.75) is 6.61 Å². The van der Waals surface area contributed by atoms with E-state index in [1.807, 2.05) is 0 Å². The topological polar surface area (TPSA) is 107 Å². The quantitative estimate of drug-likeness (QED) is 0.499. The molecule has 0 fully saturated rings. The molecule has 0 spiro atoms. The molecule has 0 aliphatic carbocycles. The van der Waals surface area contributed by atoms with Crippen molar-refractivity contribution in [2.75, 3.05) is 7.11 Å². The van der Waals surface area contributed by atoms with Gasteiger partial charge >= 0.3 is 0 Å². The fourth-order valence-electron chi connectivity index (χ4n) is 1.66. The van der Waals surface area contributed by atoms with Crippen LogP contribution in [0.1, 0.15) is 21.9 Å². The van der Waals surface area contributed by atoms with Crippen LogP contribution in [0, 0.1) is 10.1 Å². The average Bonchev–Trinajstić information content (AvgIpc) is 2.95. The van der Waals surface area contributed by atoms with Crippen LogP contribution in [-0.2, 0) is 11.3 Å². The summed E-state index contributed by atoms with van der Waals surface area (Å²) in [4.78, 5) is 21.9. The summed E-state index contributed by atoms with van der Waals surface area (Å²) in [6.07, 6.45) is 1.33. The first-order chi connectivity index (χ1) is 10.6. The predicted octanol–water partition coefficient (Wildman–Crippen LogP) is 2.10. The lowest BCUT2D eigenvalue weighted by Crippen LogP contribution is -2.17. The van der Waals surface area contributed by atoms with Gasteiger partial charge in [-0.05, 0) is 18.2 Å². The smallest absolute Gasteiger partial charge is 0.271 e. The number of hydrogen-bond donors (Lipinski definition) is 1. The molecule has 1 amide bonds. The van der Waals surface area contributed by atoms with Crippen molar-refractivity contribution in [1.82, 2.24) is 5.43 Å².